The summed E-state index contributed by atoms with van der Waals surface area (Å²) in [7, 11) is -1.77. The third kappa shape index (κ3) is 2.96. The summed E-state index contributed by atoms with van der Waals surface area (Å²) in [5.74, 6) is 0.461. The van der Waals surface area contributed by atoms with Gasteiger partial charge in [0.25, 0.3) is 0 Å². The molecule has 0 unspecified atom stereocenters. The molecule has 0 bridgehead atoms. The van der Waals surface area contributed by atoms with Gasteiger partial charge in [0.15, 0.2) is 0 Å². The second-order valence-electron chi connectivity index (χ2n) is 4.08. The van der Waals surface area contributed by atoms with E-state index >= 15 is 0 Å². The van der Waals surface area contributed by atoms with E-state index in [1.54, 1.807) is 19.3 Å². The number of nitrogens with two attached hydrogens (primary N) is 1. The molecule has 2 aromatic heterocycles. The summed E-state index contributed by atoms with van der Waals surface area (Å²) >= 11 is 1.28. The fourth-order valence-electron chi connectivity index (χ4n) is 1.57. The van der Waals surface area contributed by atoms with E-state index in [1.807, 2.05) is 13.0 Å². The molecular formula is C11H16N4O2S2. The highest BCUT2D eigenvalue weighted by Crippen LogP contribution is 2.22. The number of rotatable bonds is 5. The van der Waals surface area contributed by atoms with Gasteiger partial charge < -0.3 is 5.73 Å². The van der Waals surface area contributed by atoms with Gasteiger partial charge >= 0.3 is 0 Å². The third-order valence-corrected chi connectivity index (χ3v) is 5.89. The predicted molar refractivity (Wildman–Crippen MR) is 75.3 cm³/mol. The van der Waals surface area contributed by atoms with Crippen molar-refractivity contribution in [3.8, 4) is 0 Å². The van der Waals surface area contributed by atoms with Gasteiger partial charge in [0.1, 0.15) is 10.0 Å². The maximum absolute atomic E-state index is 12.1. The quantitative estimate of drug-likeness (QED) is 0.865. The lowest BCUT2D eigenvalue weighted by Gasteiger charge is -2.04. The van der Waals surface area contributed by atoms with Crippen LogP contribution in [0.15, 0.2) is 22.5 Å². The Labute approximate surface area is 116 Å². The molecule has 0 atom stereocenters. The van der Waals surface area contributed by atoms with Gasteiger partial charge in [-0.3, -0.25) is 4.68 Å². The smallest absolute Gasteiger partial charge is 0.250 e. The number of anilines is 1. The standard InChI is InChI=1S/C11H16N4O2S2/c1-3-9-4-5-10(18-9)19(16,17)14-7-8-6-13-15(2)11(8)12/h4-6,14H,3,7,12H2,1-2H3. The molecule has 0 amide bonds. The van der Waals surface area contributed by atoms with Crippen LogP contribution < -0.4 is 10.5 Å². The van der Waals surface area contributed by atoms with Crippen molar-refractivity contribution in [3.05, 3.63) is 28.8 Å². The van der Waals surface area contributed by atoms with Crippen molar-refractivity contribution in [2.45, 2.75) is 24.1 Å². The topological polar surface area (TPSA) is 90.0 Å². The summed E-state index contributed by atoms with van der Waals surface area (Å²) in [6.07, 6.45) is 2.39. The summed E-state index contributed by atoms with van der Waals surface area (Å²) in [5.41, 5.74) is 6.43. The first-order valence-corrected chi connectivity index (χ1v) is 8.08. The minimum Gasteiger partial charge on any atom is -0.384 e. The summed E-state index contributed by atoms with van der Waals surface area (Å²) in [4.78, 5) is 1.04. The van der Waals surface area contributed by atoms with Crippen LogP contribution in [0.5, 0.6) is 0 Å². The monoisotopic (exact) mass is 300 g/mol. The molecule has 2 aromatic rings. The fraction of sp³-hybridized carbons (Fsp3) is 0.364. The van der Waals surface area contributed by atoms with Crippen molar-refractivity contribution in [1.29, 1.82) is 0 Å². The number of aryl methyl sites for hydroxylation is 2. The summed E-state index contributed by atoms with van der Waals surface area (Å²) < 4.78 is 28.5. The Morgan fingerprint density at radius 2 is 2.21 bits per heavy atom. The average molecular weight is 300 g/mol. The van der Waals surface area contributed by atoms with E-state index in [-0.39, 0.29) is 6.54 Å². The molecule has 0 radical (unpaired) electrons. The zero-order valence-corrected chi connectivity index (χ0v) is 12.4. The summed E-state index contributed by atoms with van der Waals surface area (Å²) in [5, 5.41) is 3.97. The summed E-state index contributed by atoms with van der Waals surface area (Å²) in [6, 6.07) is 3.45. The first-order chi connectivity index (χ1) is 8.94. The van der Waals surface area contributed by atoms with Crippen molar-refractivity contribution in [2.24, 2.45) is 7.05 Å². The summed E-state index contributed by atoms with van der Waals surface area (Å²) in [6.45, 7) is 2.13. The van der Waals surface area contributed by atoms with Crippen LogP contribution >= 0.6 is 11.3 Å². The largest absolute Gasteiger partial charge is 0.384 e. The average Bonchev–Trinajstić information content (AvgIpc) is 2.97. The molecule has 0 saturated heterocycles. The van der Waals surface area contributed by atoms with Gasteiger partial charge in [-0.25, -0.2) is 13.1 Å². The second kappa shape index (κ2) is 5.32. The van der Waals surface area contributed by atoms with Gasteiger partial charge in [-0.05, 0) is 18.6 Å². The highest BCUT2D eigenvalue weighted by molar-refractivity contribution is 7.91. The van der Waals surface area contributed by atoms with Crippen molar-refractivity contribution in [2.75, 3.05) is 5.73 Å². The molecule has 2 heterocycles. The van der Waals surface area contributed by atoms with E-state index in [2.05, 4.69) is 9.82 Å². The Hall–Kier alpha value is -1.38. The van der Waals surface area contributed by atoms with Crippen LogP contribution in [0.3, 0.4) is 0 Å². The number of aromatic nitrogens is 2. The second-order valence-corrected chi connectivity index (χ2v) is 7.24. The van der Waals surface area contributed by atoms with Gasteiger partial charge in [-0.15, -0.1) is 11.3 Å². The normalized spacial score (nSPS) is 11.9. The maximum Gasteiger partial charge on any atom is 0.250 e. The van der Waals surface area contributed by atoms with Crippen LogP contribution in [0.2, 0.25) is 0 Å². The Kier molecular flexibility index (Phi) is 3.93. The molecular weight excluding hydrogens is 284 g/mol. The molecule has 0 aromatic carbocycles. The minimum absolute atomic E-state index is 0.140. The number of hydrogen-bond donors (Lipinski definition) is 2. The first kappa shape index (κ1) is 14.0. The Balaban J connectivity index is 2.11. The van der Waals surface area contributed by atoms with Gasteiger partial charge in [0.2, 0.25) is 10.0 Å². The number of hydrogen-bond acceptors (Lipinski definition) is 5. The molecule has 0 fully saturated rings. The maximum atomic E-state index is 12.1. The third-order valence-electron chi connectivity index (χ3n) is 2.77. The minimum atomic E-state index is -3.48. The lowest BCUT2D eigenvalue weighted by Crippen LogP contribution is -2.22. The van der Waals surface area contributed by atoms with E-state index in [0.717, 1.165) is 11.3 Å². The Bertz CT molecular complexity index is 673. The van der Waals surface area contributed by atoms with Crippen LogP contribution in [0.25, 0.3) is 0 Å². The van der Waals surface area contributed by atoms with E-state index in [1.165, 1.54) is 16.0 Å². The molecule has 104 valence electrons. The van der Waals surface area contributed by atoms with Gasteiger partial charge in [-0.1, -0.05) is 6.92 Å². The number of nitrogens with one attached hydrogen (secondary N) is 1. The molecule has 6 nitrogen and oxygen atoms in total. The highest BCUT2D eigenvalue weighted by Gasteiger charge is 2.17. The van der Waals surface area contributed by atoms with E-state index < -0.39 is 10.0 Å². The molecule has 3 N–H and O–H groups in total. The molecule has 2 rings (SSSR count). The van der Waals surface area contributed by atoms with Crippen LogP contribution in [0.1, 0.15) is 17.4 Å². The zero-order valence-electron chi connectivity index (χ0n) is 10.8. The number of nitrogen functional groups attached to an aromatic ring is 1. The van der Waals surface area contributed by atoms with Crippen LogP contribution in [-0.2, 0) is 30.0 Å². The first-order valence-electron chi connectivity index (χ1n) is 5.78. The lowest BCUT2D eigenvalue weighted by molar-refractivity contribution is 0.583. The van der Waals surface area contributed by atoms with Gasteiger partial charge in [0.05, 0.1) is 6.20 Å². The molecule has 0 aliphatic carbocycles. The van der Waals surface area contributed by atoms with Crippen LogP contribution in [0.4, 0.5) is 5.82 Å². The van der Waals surface area contributed by atoms with Crippen molar-refractivity contribution in [3.63, 3.8) is 0 Å². The zero-order chi connectivity index (χ0) is 14.0. The van der Waals surface area contributed by atoms with Crippen LogP contribution in [-0.4, -0.2) is 18.2 Å². The molecule has 8 heteroatoms. The SMILES string of the molecule is CCc1ccc(S(=O)(=O)NCc2cnn(C)c2N)s1. The number of sulfonamides is 1. The van der Waals surface area contributed by atoms with Gasteiger partial charge in [0, 0.05) is 24.0 Å². The lowest BCUT2D eigenvalue weighted by atomic mass is 10.3. The van der Waals surface area contributed by atoms with E-state index in [9.17, 15) is 8.42 Å². The van der Waals surface area contributed by atoms with Crippen molar-refractivity contribution < 1.29 is 8.42 Å². The molecule has 0 spiro atoms. The van der Waals surface area contributed by atoms with Gasteiger partial charge in [-0.2, -0.15) is 5.10 Å². The van der Waals surface area contributed by atoms with Crippen molar-refractivity contribution >= 4 is 27.2 Å². The Morgan fingerprint density at radius 3 is 2.74 bits per heavy atom. The fourth-order valence-corrected chi connectivity index (χ4v) is 3.91. The Morgan fingerprint density at radius 1 is 1.47 bits per heavy atom. The molecule has 19 heavy (non-hydrogen) atoms. The highest BCUT2D eigenvalue weighted by atomic mass is 32.2. The van der Waals surface area contributed by atoms with Crippen molar-refractivity contribution in [1.82, 2.24) is 14.5 Å². The van der Waals surface area contributed by atoms with E-state index in [0.29, 0.717) is 15.6 Å². The number of nitrogens with zero attached hydrogens (tertiary/aromatic N) is 2. The molecule has 0 aliphatic heterocycles. The van der Waals surface area contributed by atoms with E-state index in [4.69, 9.17) is 5.73 Å². The van der Waals surface area contributed by atoms with Crippen LogP contribution in [0, 0.1) is 0 Å². The molecule has 0 saturated carbocycles. The number of thiophene rings is 1. The predicted octanol–water partition coefficient (Wildman–Crippen LogP) is 1.10. The molecule has 0 aliphatic rings.